The van der Waals surface area contributed by atoms with Crippen molar-refractivity contribution in [1.82, 2.24) is 10.2 Å². The number of quaternary nitrogens is 1. The zero-order valence-electron chi connectivity index (χ0n) is 21.1. The maximum absolute atomic E-state index is 12.8. The Balaban J connectivity index is 1.66. The number of fused-ring (bicyclic) bond motifs is 2. The molecule has 1 amide bonds. The highest BCUT2D eigenvalue weighted by atomic mass is 16.5. The minimum Gasteiger partial charge on any atom is -0.633 e. The van der Waals surface area contributed by atoms with Crippen LogP contribution >= 0.6 is 0 Å². The van der Waals surface area contributed by atoms with E-state index in [9.17, 15) is 10.0 Å². The topological polar surface area (TPSA) is 110 Å². The molecule has 1 aromatic carbocycles. The zero-order valence-corrected chi connectivity index (χ0v) is 21.1. The number of benzene rings is 1. The highest BCUT2D eigenvalue weighted by Crippen LogP contribution is 2.47. The SMILES string of the molecule is CCOC1=CC2=C(C=N[C@@H]3CC[N+](C)([O-])C[C@H]23)CC1(OC)c1ccc(C(=O)NC(=N)N(C)C)cc1. The van der Waals surface area contributed by atoms with Crippen LogP contribution in [0.3, 0.4) is 0 Å². The summed E-state index contributed by atoms with van der Waals surface area (Å²) >= 11 is 0. The molecular formula is C26H35N5O4. The third kappa shape index (κ3) is 4.76. The predicted octanol–water partition coefficient (Wildman–Crippen LogP) is 2.79. The number of nitrogens with zero attached hydrogens (tertiary/aromatic N) is 3. The van der Waals surface area contributed by atoms with Crippen molar-refractivity contribution in [1.29, 1.82) is 5.41 Å². The first-order valence-electron chi connectivity index (χ1n) is 12.0. The van der Waals surface area contributed by atoms with Gasteiger partial charge in [-0.05, 0) is 41.8 Å². The Morgan fingerprint density at radius 3 is 2.69 bits per heavy atom. The molecule has 4 atom stereocenters. The van der Waals surface area contributed by atoms with Gasteiger partial charge < -0.3 is 24.2 Å². The molecule has 9 heteroatoms. The van der Waals surface area contributed by atoms with E-state index in [2.05, 4.69) is 11.4 Å². The van der Waals surface area contributed by atoms with E-state index in [-0.39, 0.29) is 28.5 Å². The normalized spacial score (nSPS) is 29.6. The van der Waals surface area contributed by atoms with Gasteiger partial charge in [-0.3, -0.25) is 20.5 Å². The zero-order chi connectivity index (χ0) is 25.4. The van der Waals surface area contributed by atoms with Crippen LogP contribution in [-0.2, 0) is 15.1 Å². The number of amides is 1. The molecule has 0 aromatic heterocycles. The number of carbonyl (C=O) groups is 1. The quantitative estimate of drug-likeness (QED) is 0.291. The van der Waals surface area contributed by atoms with Gasteiger partial charge in [-0.2, -0.15) is 0 Å². The number of allylic oxidation sites excluding steroid dienone is 1. The van der Waals surface area contributed by atoms with Crippen LogP contribution in [0, 0.1) is 16.5 Å². The van der Waals surface area contributed by atoms with Crippen molar-refractivity contribution < 1.29 is 18.9 Å². The standard InChI is InChI=1S/C26H35N5O4/c1-6-35-23-13-20-18(15-28-22-11-12-31(4,33)16-21(20)22)14-26(23,34-5)19-9-7-17(8-10-19)24(32)29-25(27)30(2)3/h7-10,13,15,21-22H,6,11-12,14,16H2,1-5H3,(H2,27,29,32)/t21-,22-,26?,31?/m1/s1. The van der Waals surface area contributed by atoms with Crippen LogP contribution in [0.1, 0.15) is 35.7 Å². The van der Waals surface area contributed by atoms with Crippen LogP contribution in [0.15, 0.2) is 52.2 Å². The summed E-state index contributed by atoms with van der Waals surface area (Å²) in [7, 11) is 6.79. The average Bonchev–Trinajstić information content (AvgIpc) is 2.83. The van der Waals surface area contributed by atoms with Crippen LogP contribution in [0.4, 0.5) is 0 Å². The Labute approximate surface area is 206 Å². The van der Waals surface area contributed by atoms with E-state index < -0.39 is 5.60 Å². The molecule has 0 spiro atoms. The van der Waals surface area contributed by atoms with Crippen molar-refractivity contribution >= 4 is 18.1 Å². The fourth-order valence-corrected chi connectivity index (χ4v) is 5.21. The van der Waals surface area contributed by atoms with E-state index in [1.54, 1.807) is 40.4 Å². The Morgan fingerprint density at radius 1 is 1.34 bits per heavy atom. The van der Waals surface area contributed by atoms with Crippen molar-refractivity contribution in [2.45, 2.75) is 31.4 Å². The largest absolute Gasteiger partial charge is 0.633 e. The van der Waals surface area contributed by atoms with Gasteiger partial charge in [0.25, 0.3) is 5.91 Å². The second kappa shape index (κ2) is 9.56. The van der Waals surface area contributed by atoms with Crippen molar-refractivity contribution in [3.05, 3.63) is 63.6 Å². The van der Waals surface area contributed by atoms with E-state index in [0.29, 0.717) is 37.4 Å². The molecule has 35 heavy (non-hydrogen) atoms. The van der Waals surface area contributed by atoms with Crippen molar-refractivity contribution in [2.75, 3.05) is 47.9 Å². The summed E-state index contributed by atoms with van der Waals surface area (Å²) in [6, 6.07) is 7.32. The molecule has 9 nitrogen and oxygen atoms in total. The van der Waals surface area contributed by atoms with Crippen LogP contribution in [0.25, 0.3) is 0 Å². The molecule has 1 aliphatic carbocycles. The molecule has 2 unspecified atom stereocenters. The van der Waals surface area contributed by atoms with Gasteiger partial charge in [0.2, 0.25) is 0 Å². The predicted molar refractivity (Wildman–Crippen MR) is 135 cm³/mol. The maximum atomic E-state index is 12.8. The summed E-state index contributed by atoms with van der Waals surface area (Å²) in [4.78, 5) is 18.9. The minimum atomic E-state index is -0.872. The molecule has 1 saturated heterocycles. The van der Waals surface area contributed by atoms with E-state index in [4.69, 9.17) is 19.9 Å². The third-order valence-corrected chi connectivity index (χ3v) is 7.20. The van der Waals surface area contributed by atoms with Crippen molar-refractivity contribution in [3.63, 3.8) is 0 Å². The fourth-order valence-electron chi connectivity index (χ4n) is 5.21. The number of aliphatic imine (C=N–C) groups is 1. The van der Waals surface area contributed by atoms with Gasteiger partial charge in [-0.15, -0.1) is 0 Å². The summed E-state index contributed by atoms with van der Waals surface area (Å²) in [6.07, 6.45) is 5.30. The highest BCUT2D eigenvalue weighted by Gasteiger charge is 2.46. The molecule has 1 fully saturated rings. The van der Waals surface area contributed by atoms with Gasteiger partial charge in [0, 0.05) is 45.8 Å². The molecule has 3 aliphatic rings. The number of nitrogens with one attached hydrogen (secondary N) is 2. The molecule has 0 saturated carbocycles. The monoisotopic (exact) mass is 481 g/mol. The third-order valence-electron chi connectivity index (χ3n) is 7.20. The van der Waals surface area contributed by atoms with Gasteiger partial charge in [0.05, 0.1) is 38.7 Å². The van der Waals surface area contributed by atoms with Gasteiger partial charge in [-0.1, -0.05) is 12.1 Å². The van der Waals surface area contributed by atoms with Gasteiger partial charge in [-0.25, -0.2) is 0 Å². The first-order valence-corrected chi connectivity index (χ1v) is 12.0. The smallest absolute Gasteiger partial charge is 0.257 e. The molecule has 0 bridgehead atoms. The Hall–Kier alpha value is -3.01. The number of ether oxygens (including phenoxy) is 2. The number of hydrogen-bond donors (Lipinski definition) is 2. The molecule has 0 radical (unpaired) electrons. The number of likely N-dealkylation sites (tertiary alicyclic amines) is 1. The molecule has 2 heterocycles. The minimum absolute atomic E-state index is 0.0196. The van der Waals surface area contributed by atoms with Crippen LogP contribution in [0.5, 0.6) is 0 Å². The van der Waals surface area contributed by atoms with Gasteiger partial charge in [0.15, 0.2) is 11.6 Å². The van der Waals surface area contributed by atoms with E-state index >= 15 is 0 Å². The number of rotatable bonds is 5. The van der Waals surface area contributed by atoms with E-state index in [1.165, 1.54) is 4.90 Å². The number of guanidine groups is 1. The van der Waals surface area contributed by atoms with Gasteiger partial charge in [0.1, 0.15) is 5.76 Å². The van der Waals surface area contributed by atoms with Crippen molar-refractivity contribution in [3.8, 4) is 0 Å². The number of dihydropyridines is 1. The second-order valence-electron chi connectivity index (χ2n) is 9.85. The van der Waals surface area contributed by atoms with E-state index in [0.717, 1.165) is 23.1 Å². The summed E-state index contributed by atoms with van der Waals surface area (Å²) < 4.78 is 12.0. The van der Waals surface area contributed by atoms with Gasteiger partial charge >= 0.3 is 0 Å². The molecular weight excluding hydrogens is 446 g/mol. The first-order chi connectivity index (χ1) is 16.6. The summed E-state index contributed by atoms with van der Waals surface area (Å²) in [6.45, 7) is 3.50. The number of hydroxylamine groups is 3. The Morgan fingerprint density at radius 2 is 2.06 bits per heavy atom. The summed E-state index contributed by atoms with van der Waals surface area (Å²) in [5.74, 6) is 0.436. The lowest BCUT2D eigenvalue weighted by molar-refractivity contribution is -0.869. The number of carbonyl (C=O) groups excluding carboxylic acids is 1. The summed E-state index contributed by atoms with van der Waals surface area (Å²) in [5, 5.41) is 23.2. The number of hydrogen-bond acceptors (Lipinski definition) is 6. The Bertz CT molecular complexity index is 1090. The van der Waals surface area contributed by atoms with Crippen LogP contribution < -0.4 is 5.32 Å². The molecule has 4 rings (SSSR count). The lowest BCUT2D eigenvalue weighted by atomic mass is 9.73. The second-order valence-corrected chi connectivity index (χ2v) is 9.85. The first kappa shape index (κ1) is 25.1. The average molecular weight is 482 g/mol. The van der Waals surface area contributed by atoms with Crippen LogP contribution in [-0.4, -0.2) is 81.6 Å². The lowest BCUT2D eigenvalue weighted by Gasteiger charge is -2.49. The molecule has 188 valence electrons. The maximum Gasteiger partial charge on any atom is 0.257 e. The summed E-state index contributed by atoms with van der Waals surface area (Å²) in [5.41, 5.74) is 2.61. The fraction of sp³-hybridized carbons (Fsp3) is 0.500. The van der Waals surface area contributed by atoms with Crippen molar-refractivity contribution in [2.24, 2.45) is 10.9 Å². The lowest BCUT2D eigenvalue weighted by Crippen LogP contribution is -2.52. The molecule has 2 N–H and O–H groups in total. The van der Waals surface area contributed by atoms with Crippen LogP contribution in [0.2, 0.25) is 0 Å². The number of methoxy groups -OCH3 is 1. The van der Waals surface area contributed by atoms with E-state index in [1.807, 2.05) is 25.3 Å². The molecule has 2 aliphatic heterocycles. The Kier molecular flexibility index (Phi) is 6.86. The molecule has 1 aromatic rings. The highest BCUT2D eigenvalue weighted by molar-refractivity contribution is 6.04. The number of piperidine rings is 1.